The van der Waals surface area contributed by atoms with Crippen LogP contribution >= 0.6 is 0 Å². The number of imide groups is 1. The Kier molecular flexibility index (Phi) is 4.68. The maximum atomic E-state index is 14.5. The number of hydrogen-bond donors (Lipinski definition) is 1. The second-order valence-electron chi connectivity index (χ2n) is 11.1. The van der Waals surface area contributed by atoms with Gasteiger partial charge >= 0.3 is 0 Å². The molecule has 4 atom stereocenters. The van der Waals surface area contributed by atoms with E-state index in [1.54, 1.807) is 10.6 Å². The maximum absolute atomic E-state index is 14.5. The van der Waals surface area contributed by atoms with Gasteiger partial charge in [0.2, 0.25) is 11.8 Å². The molecular formula is C31H28N4O3. The number of aryl methyl sites for hydroxylation is 1. The monoisotopic (exact) mass is 504 g/mol. The third-order valence-electron chi connectivity index (χ3n) is 8.83. The van der Waals surface area contributed by atoms with Crippen LogP contribution in [-0.4, -0.2) is 27.4 Å². The third kappa shape index (κ3) is 2.67. The molecule has 190 valence electrons. The molecule has 1 N–H and O–H groups in total. The first-order valence-electron chi connectivity index (χ1n) is 13.1. The van der Waals surface area contributed by atoms with Crippen LogP contribution in [0, 0.1) is 31.6 Å². The van der Waals surface area contributed by atoms with Gasteiger partial charge in [-0.3, -0.25) is 24.3 Å². The Hall–Kier alpha value is -4.10. The summed E-state index contributed by atoms with van der Waals surface area (Å²) in [6.07, 6.45) is 0. The van der Waals surface area contributed by atoms with E-state index in [1.165, 1.54) is 4.90 Å². The van der Waals surface area contributed by atoms with Crippen molar-refractivity contribution in [3.8, 4) is 5.69 Å². The van der Waals surface area contributed by atoms with Gasteiger partial charge in [-0.1, -0.05) is 56.3 Å². The lowest BCUT2D eigenvalue weighted by molar-refractivity contribution is -0.123. The van der Waals surface area contributed by atoms with E-state index in [-0.39, 0.29) is 29.3 Å². The lowest BCUT2D eigenvalue weighted by atomic mass is 9.75. The van der Waals surface area contributed by atoms with E-state index in [2.05, 4.69) is 19.2 Å². The Morgan fingerprint density at radius 3 is 2.37 bits per heavy atom. The zero-order valence-electron chi connectivity index (χ0n) is 21.7. The first-order chi connectivity index (χ1) is 18.3. The Balaban J connectivity index is 1.54. The number of para-hydroxylation sites is 2. The first kappa shape index (κ1) is 23.0. The van der Waals surface area contributed by atoms with Gasteiger partial charge in [-0.05, 0) is 55.2 Å². The van der Waals surface area contributed by atoms with Gasteiger partial charge < -0.3 is 0 Å². The minimum atomic E-state index is -1.11. The van der Waals surface area contributed by atoms with Crippen LogP contribution < -0.4 is 15.8 Å². The molecule has 38 heavy (non-hydrogen) atoms. The highest BCUT2D eigenvalue weighted by Gasteiger charge is 2.70. The third-order valence-corrected chi connectivity index (χ3v) is 8.83. The number of anilines is 1. The van der Waals surface area contributed by atoms with Crippen molar-refractivity contribution in [1.82, 2.24) is 14.9 Å². The number of benzene rings is 3. The average Bonchev–Trinajstić information content (AvgIpc) is 3.50. The Labute approximate surface area is 220 Å². The smallest absolute Gasteiger partial charge is 0.266 e. The molecule has 2 amide bonds. The topological polar surface area (TPSA) is 84.3 Å². The van der Waals surface area contributed by atoms with E-state index < -0.39 is 17.4 Å². The summed E-state index contributed by atoms with van der Waals surface area (Å²) in [5, 5.41) is 4.26. The van der Waals surface area contributed by atoms with Gasteiger partial charge in [0.25, 0.3) is 5.56 Å². The van der Waals surface area contributed by atoms with Gasteiger partial charge in [-0.15, -0.1) is 0 Å². The van der Waals surface area contributed by atoms with Crippen molar-refractivity contribution < 1.29 is 9.59 Å². The highest BCUT2D eigenvalue weighted by atomic mass is 16.2. The molecule has 0 bridgehead atoms. The molecule has 3 aromatic carbocycles. The maximum Gasteiger partial charge on any atom is 0.266 e. The summed E-state index contributed by atoms with van der Waals surface area (Å²) in [5.41, 5.74) is 3.35. The second kappa shape index (κ2) is 7.71. The van der Waals surface area contributed by atoms with Crippen molar-refractivity contribution in [3.63, 3.8) is 0 Å². The van der Waals surface area contributed by atoms with Crippen molar-refractivity contribution in [2.24, 2.45) is 17.8 Å². The van der Waals surface area contributed by atoms with E-state index in [0.717, 1.165) is 16.7 Å². The molecule has 1 spiro atoms. The molecule has 7 heteroatoms. The summed E-state index contributed by atoms with van der Waals surface area (Å²) in [4.78, 5) is 49.0. The summed E-state index contributed by atoms with van der Waals surface area (Å²) in [6, 6.07) is 20.4. The van der Waals surface area contributed by atoms with Crippen molar-refractivity contribution in [2.45, 2.75) is 39.3 Å². The molecule has 0 aliphatic carbocycles. The minimum absolute atomic E-state index is 0.0607. The Bertz CT molecular complexity index is 1760. The molecule has 0 unspecified atom stereocenters. The predicted molar refractivity (Wildman–Crippen MR) is 145 cm³/mol. The first-order valence-corrected chi connectivity index (χ1v) is 13.1. The highest BCUT2D eigenvalue weighted by molar-refractivity contribution is 6.23. The van der Waals surface area contributed by atoms with E-state index in [9.17, 15) is 14.4 Å². The summed E-state index contributed by atoms with van der Waals surface area (Å²) < 4.78 is 1.64. The SMILES string of the molecule is Cc1cccc(N2C(=O)[C@H]3[C@H](C(C)C)N[C@@]4(c5ccccc5-n5c4nc4ccccc4c5=O)[C@H]3C2=O)c1C. The molecule has 4 heterocycles. The second-order valence-corrected chi connectivity index (χ2v) is 11.1. The van der Waals surface area contributed by atoms with E-state index in [1.807, 2.05) is 74.5 Å². The lowest BCUT2D eigenvalue weighted by Gasteiger charge is -2.32. The van der Waals surface area contributed by atoms with E-state index >= 15 is 0 Å². The fraction of sp³-hybridized carbons (Fsp3) is 0.290. The van der Waals surface area contributed by atoms with Crippen molar-refractivity contribution in [3.05, 3.63) is 99.6 Å². The molecular weight excluding hydrogens is 476 g/mol. The standard InChI is InChI=1S/C31H28N4O3/c1-16(2)26-24-25(29(38)34(28(24)37)22-15-9-10-17(3)18(22)4)31(33-26)20-12-6-8-14-23(20)35-27(36)19-11-5-7-13-21(19)32-30(31)35/h5-16,24-26,33H,1-4H3/t24-,25-,26+,31+/m1/s1. The number of fused-ring (bicyclic) bond motifs is 8. The zero-order valence-corrected chi connectivity index (χ0v) is 21.7. The van der Waals surface area contributed by atoms with Crippen LogP contribution in [0.15, 0.2) is 71.5 Å². The van der Waals surface area contributed by atoms with Crippen LogP contribution in [0.25, 0.3) is 16.6 Å². The van der Waals surface area contributed by atoms with E-state index in [0.29, 0.717) is 28.1 Å². The zero-order chi connectivity index (χ0) is 26.5. The summed E-state index contributed by atoms with van der Waals surface area (Å²) in [7, 11) is 0. The van der Waals surface area contributed by atoms with Gasteiger partial charge in [-0.25, -0.2) is 9.88 Å². The number of rotatable bonds is 2. The quantitative estimate of drug-likeness (QED) is 0.418. The average molecular weight is 505 g/mol. The molecule has 7 nitrogen and oxygen atoms in total. The van der Waals surface area contributed by atoms with Crippen LogP contribution in [0.4, 0.5) is 5.69 Å². The Morgan fingerprint density at radius 1 is 0.868 bits per heavy atom. The van der Waals surface area contributed by atoms with Gasteiger partial charge in [0.15, 0.2) is 0 Å². The Morgan fingerprint density at radius 2 is 1.58 bits per heavy atom. The molecule has 2 saturated heterocycles. The fourth-order valence-corrected chi connectivity index (χ4v) is 6.94. The molecule has 0 radical (unpaired) electrons. The van der Waals surface area contributed by atoms with Crippen LogP contribution in [0.2, 0.25) is 0 Å². The molecule has 7 rings (SSSR count). The van der Waals surface area contributed by atoms with Crippen molar-refractivity contribution in [2.75, 3.05) is 4.90 Å². The summed E-state index contributed by atoms with van der Waals surface area (Å²) in [6.45, 7) is 8.05. The van der Waals surface area contributed by atoms with Crippen LogP contribution in [0.5, 0.6) is 0 Å². The number of aromatic nitrogens is 2. The molecule has 0 saturated carbocycles. The number of carbonyl (C=O) groups is 2. The van der Waals surface area contributed by atoms with Crippen molar-refractivity contribution >= 4 is 28.4 Å². The van der Waals surface area contributed by atoms with E-state index in [4.69, 9.17) is 4.98 Å². The molecule has 4 aromatic rings. The fourth-order valence-electron chi connectivity index (χ4n) is 6.94. The van der Waals surface area contributed by atoms with Gasteiger partial charge in [-0.2, -0.15) is 0 Å². The van der Waals surface area contributed by atoms with Crippen LogP contribution in [-0.2, 0) is 15.1 Å². The van der Waals surface area contributed by atoms with Gasteiger partial charge in [0.1, 0.15) is 11.4 Å². The number of nitrogens with one attached hydrogen (secondary N) is 1. The lowest BCUT2D eigenvalue weighted by Crippen LogP contribution is -2.51. The number of nitrogens with zero attached hydrogens (tertiary/aromatic N) is 3. The highest BCUT2D eigenvalue weighted by Crippen LogP contribution is 2.56. The van der Waals surface area contributed by atoms with Crippen LogP contribution in [0.1, 0.15) is 36.4 Å². The number of carbonyl (C=O) groups excluding carboxylic acids is 2. The van der Waals surface area contributed by atoms with Gasteiger partial charge in [0, 0.05) is 11.6 Å². The van der Waals surface area contributed by atoms with Crippen LogP contribution in [0.3, 0.4) is 0 Å². The summed E-state index contributed by atoms with van der Waals surface area (Å²) >= 11 is 0. The minimum Gasteiger partial charge on any atom is -0.296 e. The molecule has 3 aliphatic heterocycles. The number of amides is 2. The van der Waals surface area contributed by atoms with Crippen molar-refractivity contribution in [1.29, 1.82) is 0 Å². The molecule has 2 fully saturated rings. The number of hydrogen-bond acceptors (Lipinski definition) is 5. The predicted octanol–water partition coefficient (Wildman–Crippen LogP) is 3.99. The molecule has 1 aromatic heterocycles. The largest absolute Gasteiger partial charge is 0.296 e. The normalized spacial score (nSPS) is 25.5. The summed E-state index contributed by atoms with van der Waals surface area (Å²) in [5.74, 6) is -1.25. The molecule has 3 aliphatic rings. The van der Waals surface area contributed by atoms with Gasteiger partial charge in [0.05, 0.1) is 34.1 Å².